The fourth-order valence-corrected chi connectivity index (χ4v) is 3.53. The highest BCUT2D eigenvalue weighted by Crippen LogP contribution is 2.37. The summed E-state index contributed by atoms with van der Waals surface area (Å²) in [6.45, 7) is 6.80. The van der Waals surface area contributed by atoms with Gasteiger partial charge in [-0.15, -0.1) is 0 Å². The number of likely N-dealkylation sites (tertiary alicyclic amines) is 1. The minimum Gasteiger partial charge on any atom is -0.497 e. The number of benzene rings is 1. The maximum atomic E-state index is 5.57. The Labute approximate surface area is 133 Å². The molecule has 1 aliphatic heterocycles. The van der Waals surface area contributed by atoms with Crippen LogP contribution in [-0.2, 0) is 0 Å². The van der Waals surface area contributed by atoms with Crippen LogP contribution in [0, 0.1) is 0 Å². The van der Waals surface area contributed by atoms with E-state index in [2.05, 4.69) is 44.0 Å². The number of methoxy groups -OCH3 is 1. The topological polar surface area (TPSA) is 25.4 Å². The molecule has 1 aromatic heterocycles. The number of piperidine rings is 1. The molecule has 3 nitrogen and oxygen atoms in total. The second-order valence-corrected chi connectivity index (χ2v) is 6.75. The normalized spacial score (nSPS) is 17.3. The molecule has 0 unspecified atom stereocenters. The highest BCUT2D eigenvalue weighted by molar-refractivity contribution is 5.87. The number of pyridine rings is 1. The first-order valence-electron chi connectivity index (χ1n) is 8.25. The molecule has 0 aliphatic carbocycles. The van der Waals surface area contributed by atoms with Crippen molar-refractivity contribution in [3.63, 3.8) is 0 Å². The lowest BCUT2D eigenvalue weighted by atomic mass is 9.86. The van der Waals surface area contributed by atoms with Crippen molar-refractivity contribution in [1.82, 2.24) is 9.88 Å². The third-order valence-corrected chi connectivity index (χ3v) is 4.90. The SMILES string of the molecule is COc1cc(C2CCN(C)CC2)c2nccc(C(C)C)c2c1. The summed E-state index contributed by atoms with van der Waals surface area (Å²) in [5, 5.41) is 1.26. The summed E-state index contributed by atoms with van der Waals surface area (Å²) in [5.74, 6) is 2.03. The van der Waals surface area contributed by atoms with Gasteiger partial charge in [-0.1, -0.05) is 13.8 Å². The first-order chi connectivity index (χ1) is 10.6. The standard InChI is InChI=1S/C19H26N2O/c1-13(2)16-5-8-20-19-17(11-15(22-4)12-18(16)19)14-6-9-21(3)10-7-14/h5,8,11-14H,6-7,9-10H2,1-4H3. The number of nitrogens with zero attached hydrogens (tertiary/aromatic N) is 2. The molecular weight excluding hydrogens is 272 g/mol. The van der Waals surface area contributed by atoms with Gasteiger partial charge in [0.15, 0.2) is 0 Å². The summed E-state index contributed by atoms with van der Waals surface area (Å²) in [4.78, 5) is 7.13. The highest BCUT2D eigenvalue weighted by atomic mass is 16.5. The predicted octanol–water partition coefficient (Wildman–Crippen LogP) is 4.18. The smallest absolute Gasteiger partial charge is 0.119 e. The van der Waals surface area contributed by atoms with Crippen LogP contribution in [0.1, 0.15) is 49.7 Å². The molecule has 22 heavy (non-hydrogen) atoms. The van der Waals surface area contributed by atoms with Crippen LogP contribution in [0.4, 0.5) is 0 Å². The number of ether oxygens (including phenoxy) is 1. The first kappa shape index (κ1) is 15.3. The minimum atomic E-state index is 0.489. The largest absolute Gasteiger partial charge is 0.497 e. The van der Waals surface area contributed by atoms with Crippen molar-refractivity contribution in [1.29, 1.82) is 0 Å². The van der Waals surface area contributed by atoms with Gasteiger partial charge in [-0.05, 0) is 74.1 Å². The summed E-state index contributed by atoms with van der Waals surface area (Å²) in [6.07, 6.45) is 4.36. The molecule has 1 fully saturated rings. The molecule has 2 aromatic rings. The Bertz CT molecular complexity index is 658. The van der Waals surface area contributed by atoms with Gasteiger partial charge in [0.05, 0.1) is 12.6 Å². The minimum absolute atomic E-state index is 0.489. The van der Waals surface area contributed by atoms with Crippen molar-refractivity contribution in [2.24, 2.45) is 0 Å². The molecule has 0 bridgehead atoms. The van der Waals surface area contributed by atoms with Gasteiger partial charge >= 0.3 is 0 Å². The van der Waals surface area contributed by atoms with E-state index in [0.29, 0.717) is 11.8 Å². The van der Waals surface area contributed by atoms with E-state index in [4.69, 9.17) is 9.72 Å². The van der Waals surface area contributed by atoms with Crippen LogP contribution in [0.5, 0.6) is 5.75 Å². The van der Waals surface area contributed by atoms with Crippen LogP contribution in [-0.4, -0.2) is 37.1 Å². The molecule has 0 N–H and O–H groups in total. The molecule has 0 radical (unpaired) electrons. The number of hydrogen-bond donors (Lipinski definition) is 0. The van der Waals surface area contributed by atoms with Crippen LogP contribution < -0.4 is 4.74 Å². The zero-order valence-electron chi connectivity index (χ0n) is 14.1. The summed E-state index contributed by atoms with van der Waals surface area (Å²) in [7, 11) is 3.96. The molecule has 3 rings (SSSR count). The Kier molecular flexibility index (Phi) is 4.34. The van der Waals surface area contributed by atoms with Crippen LogP contribution in [0.2, 0.25) is 0 Å². The van der Waals surface area contributed by atoms with E-state index in [-0.39, 0.29) is 0 Å². The Morgan fingerprint density at radius 1 is 1.23 bits per heavy atom. The van der Waals surface area contributed by atoms with Gasteiger partial charge in [-0.25, -0.2) is 0 Å². The predicted molar refractivity (Wildman–Crippen MR) is 91.9 cm³/mol. The molecule has 1 aromatic carbocycles. The summed E-state index contributed by atoms with van der Waals surface area (Å²) >= 11 is 0. The van der Waals surface area contributed by atoms with Crippen LogP contribution in [0.25, 0.3) is 10.9 Å². The lowest BCUT2D eigenvalue weighted by molar-refractivity contribution is 0.255. The number of rotatable bonds is 3. The molecule has 0 spiro atoms. The monoisotopic (exact) mass is 298 g/mol. The van der Waals surface area contributed by atoms with E-state index in [0.717, 1.165) is 18.8 Å². The lowest BCUT2D eigenvalue weighted by Gasteiger charge is -2.30. The highest BCUT2D eigenvalue weighted by Gasteiger charge is 2.22. The van der Waals surface area contributed by atoms with Crippen molar-refractivity contribution in [2.45, 2.75) is 38.5 Å². The third kappa shape index (κ3) is 2.82. The number of aromatic nitrogens is 1. The fraction of sp³-hybridized carbons (Fsp3) is 0.526. The number of hydrogen-bond acceptors (Lipinski definition) is 3. The quantitative estimate of drug-likeness (QED) is 0.850. The average Bonchev–Trinajstić information content (AvgIpc) is 2.53. The molecule has 0 saturated carbocycles. The molecular formula is C19H26N2O. The van der Waals surface area contributed by atoms with Gasteiger partial charge in [0.1, 0.15) is 5.75 Å². The summed E-state index contributed by atoms with van der Waals surface area (Å²) in [5.41, 5.74) is 3.89. The van der Waals surface area contributed by atoms with E-state index < -0.39 is 0 Å². The van der Waals surface area contributed by atoms with Crippen molar-refractivity contribution < 1.29 is 4.74 Å². The molecule has 0 amide bonds. The summed E-state index contributed by atoms with van der Waals surface area (Å²) in [6, 6.07) is 6.50. The van der Waals surface area contributed by atoms with Gasteiger partial charge < -0.3 is 9.64 Å². The molecule has 0 atom stereocenters. The van der Waals surface area contributed by atoms with Crippen molar-refractivity contribution >= 4 is 10.9 Å². The van der Waals surface area contributed by atoms with Gasteiger partial charge in [-0.2, -0.15) is 0 Å². The van der Waals surface area contributed by atoms with Crippen molar-refractivity contribution in [3.8, 4) is 5.75 Å². The van der Waals surface area contributed by atoms with Crippen molar-refractivity contribution in [2.75, 3.05) is 27.2 Å². The van der Waals surface area contributed by atoms with E-state index in [1.54, 1.807) is 7.11 Å². The van der Waals surface area contributed by atoms with Crippen LogP contribution in [0.3, 0.4) is 0 Å². The van der Waals surface area contributed by atoms with E-state index in [9.17, 15) is 0 Å². The Morgan fingerprint density at radius 2 is 1.95 bits per heavy atom. The Morgan fingerprint density at radius 3 is 2.59 bits per heavy atom. The van der Waals surface area contributed by atoms with Crippen LogP contribution in [0.15, 0.2) is 24.4 Å². The van der Waals surface area contributed by atoms with Gasteiger partial charge in [0, 0.05) is 11.6 Å². The van der Waals surface area contributed by atoms with Gasteiger partial charge in [0.25, 0.3) is 0 Å². The lowest BCUT2D eigenvalue weighted by Crippen LogP contribution is -2.29. The maximum Gasteiger partial charge on any atom is 0.119 e. The Balaban J connectivity index is 2.14. The zero-order chi connectivity index (χ0) is 15.7. The second-order valence-electron chi connectivity index (χ2n) is 6.75. The van der Waals surface area contributed by atoms with Crippen LogP contribution >= 0.6 is 0 Å². The summed E-state index contributed by atoms with van der Waals surface area (Å²) < 4.78 is 5.57. The second kappa shape index (κ2) is 6.25. The molecule has 3 heteroatoms. The van der Waals surface area contributed by atoms with E-state index >= 15 is 0 Å². The molecule has 2 heterocycles. The Hall–Kier alpha value is -1.61. The molecule has 1 saturated heterocycles. The average molecular weight is 298 g/mol. The van der Waals surface area contributed by atoms with Crippen molar-refractivity contribution in [3.05, 3.63) is 35.5 Å². The van der Waals surface area contributed by atoms with E-state index in [1.807, 2.05) is 6.20 Å². The first-order valence-corrected chi connectivity index (χ1v) is 8.25. The third-order valence-electron chi connectivity index (χ3n) is 4.90. The molecule has 1 aliphatic rings. The van der Waals surface area contributed by atoms with Gasteiger partial charge in [-0.3, -0.25) is 4.98 Å². The fourth-order valence-electron chi connectivity index (χ4n) is 3.53. The zero-order valence-corrected chi connectivity index (χ0v) is 14.1. The maximum absolute atomic E-state index is 5.57. The van der Waals surface area contributed by atoms with E-state index in [1.165, 1.54) is 34.9 Å². The van der Waals surface area contributed by atoms with Gasteiger partial charge in [0.2, 0.25) is 0 Å². The molecule has 118 valence electrons. The number of fused-ring (bicyclic) bond motifs is 1.